The van der Waals surface area contributed by atoms with Gasteiger partial charge >= 0.3 is 12.1 Å². The molecule has 0 saturated carbocycles. The van der Waals surface area contributed by atoms with Gasteiger partial charge in [-0.3, -0.25) is 0 Å². The molecule has 1 amide bonds. The van der Waals surface area contributed by atoms with Crippen LogP contribution in [0.1, 0.15) is 27.7 Å². The molecule has 8 heteroatoms. The summed E-state index contributed by atoms with van der Waals surface area (Å²) in [6.07, 6.45) is -0.724. The van der Waals surface area contributed by atoms with Gasteiger partial charge in [-0.2, -0.15) is 0 Å². The number of aliphatic carboxylic acids is 1. The minimum absolute atomic E-state index is 0.0472. The lowest BCUT2D eigenvalue weighted by molar-refractivity contribution is -0.139. The lowest BCUT2D eigenvalue weighted by Gasteiger charge is -2.17. The number of carboxylic acid groups (broad SMARTS) is 1. The highest BCUT2D eigenvalue weighted by Crippen LogP contribution is 2.44. The van der Waals surface area contributed by atoms with Crippen LogP contribution in [0.15, 0.2) is 72.8 Å². The summed E-state index contributed by atoms with van der Waals surface area (Å²) in [5.74, 6) is -1.26. The molecule has 5 rings (SSSR count). The van der Waals surface area contributed by atoms with E-state index in [1.165, 1.54) is 11.3 Å². The van der Waals surface area contributed by atoms with E-state index in [0.29, 0.717) is 10.0 Å². The third-order valence-corrected chi connectivity index (χ3v) is 7.70. The molecule has 36 heavy (non-hydrogen) atoms. The van der Waals surface area contributed by atoms with E-state index < -0.39 is 18.1 Å². The van der Waals surface area contributed by atoms with Crippen molar-refractivity contribution < 1.29 is 19.4 Å². The van der Waals surface area contributed by atoms with Crippen LogP contribution in [0.5, 0.6) is 0 Å². The van der Waals surface area contributed by atoms with Gasteiger partial charge in [0.1, 0.15) is 12.6 Å². The van der Waals surface area contributed by atoms with Crippen molar-refractivity contribution in [2.45, 2.75) is 25.3 Å². The number of hydrogen-bond acceptors (Lipinski definition) is 5. The fourth-order valence-corrected chi connectivity index (χ4v) is 5.89. The number of hydrogen-bond donors (Lipinski definition) is 2. The van der Waals surface area contributed by atoms with E-state index in [1.54, 1.807) is 6.07 Å². The van der Waals surface area contributed by atoms with Crippen molar-refractivity contribution >= 4 is 35.0 Å². The highest BCUT2D eigenvalue weighted by Gasteiger charge is 2.30. The summed E-state index contributed by atoms with van der Waals surface area (Å²) in [5.41, 5.74) is 6.13. The molecule has 0 spiro atoms. The van der Waals surface area contributed by atoms with E-state index in [9.17, 15) is 14.7 Å². The topological polar surface area (TPSA) is 88.5 Å². The molecule has 1 aromatic heterocycles. The minimum Gasteiger partial charge on any atom is -0.480 e. The molecule has 0 aliphatic heterocycles. The van der Waals surface area contributed by atoms with Crippen molar-refractivity contribution in [2.24, 2.45) is 0 Å². The number of alkyl carbamates (subject to hydrolysis) is 1. The molecule has 0 radical (unpaired) electrons. The number of amides is 1. The van der Waals surface area contributed by atoms with Crippen LogP contribution < -0.4 is 5.32 Å². The Bertz CT molecular complexity index is 1410. The molecule has 1 heterocycles. The Morgan fingerprint density at radius 1 is 1.06 bits per heavy atom. The molecule has 1 aliphatic carbocycles. The Morgan fingerprint density at radius 2 is 1.72 bits per heavy atom. The SMILES string of the molecule is Cc1nc(CC(NC(=O)OCC2c3ccccc3-c3ccccc32)C(=O)O)sc1-c1cccc(Cl)c1. The zero-order valence-corrected chi connectivity index (χ0v) is 21.0. The van der Waals surface area contributed by atoms with Crippen LogP contribution in [0, 0.1) is 6.92 Å². The molecule has 1 atom stereocenters. The lowest BCUT2D eigenvalue weighted by atomic mass is 9.98. The van der Waals surface area contributed by atoms with E-state index in [2.05, 4.69) is 22.4 Å². The summed E-state index contributed by atoms with van der Waals surface area (Å²) in [7, 11) is 0. The summed E-state index contributed by atoms with van der Waals surface area (Å²) < 4.78 is 5.52. The summed E-state index contributed by atoms with van der Waals surface area (Å²) >= 11 is 7.50. The second kappa shape index (κ2) is 10.1. The maximum absolute atomic E-state index is 12.6. The summed E-state index contributed by atoms with van der Waals surface area (Å²) in [4.78, 5) is 30.0. The highest BCUT2D eigenvalue weighted by molar-refractivity contribution is 7.15. The number of carboxylic acids is 1. The largest absolute Gasteiger partial charge is 0.480 e. The zero-order chi connectivity index (χ0) is 25.2. The van der Waals surface area contributed by atoms with Crippen LogP contribution in [-0.4, -0.2) is 34.8 Å². The first kappa shape index (κ1) is 24.0. The van der Waals surface area contributed by atoms with Crippen molar-refractivity contribution in [3.63, 3.8) is 0 Å². The number of nitrogens with one attached hydrogen (secondary N) is 1. The smallest absolute Gasteiger partial charge is 0.407 e. The molecule has 4 aromatic rings. The molecular weight excluding hydrogens is 496 g/mol. The summed E-state index contributed by atoms with van der Waals surface area (Å²) in [6.45, 7) is 1.98. The maximum Gasteiger partial charge on any atom is 0.407 e. The number of benzene rings is 3. The maximum atomic E-state index is 12.6. The van der Waals surface area contributed by atoms with Crippen LogP contribution in [0.2, 0.25) is 5.02 Å². The number of aromatic nitrogens is 1. The quantitative estimate of drug-likeness (QED) is 0.299. The third kappa shape index (κ3) is 4.85. The average Bonchev–Trinajstić information content (AvgIpc) is 3.39. The molecule has 1 aliphatic rings. The molecular formula is C28H23ClN2O4S. The van der Waals surface area contributed by atoms with Gasteiger partial charge in [0.2, 0.25) is 0 Å². The van der Waals surface area contributed by atoms with Crippen LogP contribution in [-0.2, 0) is 16.0 Å². The summed E-state index contributed by atoms with van der Waals surface area (Å²) in [6, 6.07) is 22.3. The Hall–Kier alpha value is -3.68. The summed E-state index contributed by atoms with van der Waals surface area (Å²) in [5, 5.41) is 13.5. The van der Waals surface area contributed by atoms with Crippen molar-refractivity contribution in [3.8, 4) is 21.6 Å². The van der Waals surface area contributed by atoms with Gasteiger partial charge in [0, 0.05) is 17.4 Å². The first-order valence-corrected chi connectivity index (χ1v) is 12.7. The molecule has 6 nitrogen and oxygen atoms in total. The first-order valence-electron chi connectivity index (χ1n) is 11.5. The monoisotopic (exact) mass is 518 g/mol. The Labute approximate surface area is 217 Å². The van der Waals surface area contributed by atoms with Gasteiger partial charge in [0.05, 0.1) is 15.6 Å². The number of thiazole rings is 1. The van der Waals surface area contributed by atoms with Crippen LogP contribution in [0.3, 0.4) is 0 Å². The van der Waals surface area contributed by atoms with E-state index in [-0.39, 0.29) is 18.9 Å². The number of aryl methyl sites for hydroxylation is 1. The Balaban J connectivity index is 1.26. The standard InChI is InChI=1S/C28H23ClN2O4S/c1-16-26(17-7-6-8-18(29)13-17)36-25(30-16)14-24(27(32)33)31-28(34)35-15-23-21-11-4-2-9-19(21)20-10-3-5-12-22(20)23/h2-13,23-24H,14-15H2,1H3,(H,31,34)(H,32,33). The van der Waals surface area contributed by atoms with Crippen LogP contribution >= 0.6 is 22.9 Å². The lowest BCUT2D eigenvalue weighted by Crippen LogP contribution is -2.42. The Morgan fingerprint density at radius 3 is 2.36 bits per heavy atom. The normalized spacial score (nSPS) is 13.1. The van der Waals surface area contributed by atoms with Gasteiger partial charge in [0.25, 0.3) is 0 Å². The van der Waals surface area contributed by atoms with E-state index in [0.717, 1.165) is 38.4 Å². The fourth-order valence-electron chi connectivity index (χ4n) is 4.59. The van der Waals surface area contributed by atoms with Gasteiger partial charge in [0.15, 0.2) is 0 Å². The second-order valence-corrected chi connectivity index (χ2v) is 10.1. The van der Waals surface area contributed by atoms with E-state index >= 15 is 0 Å². The number of rotatable bonds is 7. The molecule has 0 bridgehead atoms. The van der Waals surface area contributed by atoms with Gasteiger partial charge in [-0.25, -0.2) is 14.6 Å². The molecule has 182 valence electrons. The predicted molar refractivity (Wildman–Crippen MR) is 141 cm³/mol. The number of halogens is 1. The van der Waals surface area contributed by atoms with Crippen LogP contribution in [0.4, 0.5) is 4.79 Å². The molecule has 0 saturated heterocycles. The number of fused-ring (bicyclic) bond motifs is 3. The molecule has 0 fully saturated rings. The number of carbonyl (C=O) groups excluding carboxylic acids is 1. The molecule has 1 unspecified atom stereocenters. The third-order valence-electron chi connectivity index (χ3n) is 6.24. The van der Waals surface area contributed by atoms with E-state index in [1.807, 2.05) is 61.5 Å². The second-order valence-electron chi connectivity index (χ2n) is 8.60. The van der Waals surface area contributed by atoms with Gasteiger partial charge < -0.3 is 15.2 Å². The number of nitrogens with zero attached hydrogens (tertiary/aromatic N) is 1. The van der Waals surface area contributed by atoms with Crippen molar-refractivity contribution in [1.29, 1.82) is 0 Å². The highest BCUT2D eigenvalue weighted by atomic mass is 35.5. The average molecular weight is 519 g/mol. The van der Waals surface area contributed by atoms with Crippen molar-refractivity contribution in [3.05, 3.63) is 99.6 Å². The number of carbonyl (C=O) groups is 2. The van der Waals surface area contributed by atoms with Gasteiger partial charge in [-0.1, -0.05) is 72.3 Å². The van der Waals surface area contributed by atoms with Gasteiger partial charge in [-0.15, -0.1) is 11.3 Å². The predicted octanol–water partition coefficient (Wildman–Crippen LogP) is 6.31. The minimum atomic E-state index is -1.17. The zero-order valence-electron chi connectivity index (χ0n) is 19.4. The fraction of sp³-hybridized carbons (Fsp3) is 0.179. The van der Waals surface area contributed by atoms with E-state index in [4.69, 9.17) is 16.3 Å². The number of ether oxygens (including phenoxy) is 1. The molecule has 3 aromatic carbocycles. The first-order chi connectivity index (χ1) is 17.4. The molecule has 2 N–H and O–H groups in total. The van der Waals surface area contributed by atoms with Gasteiger partial charge in [-0.05, 0) is 46.9 Å². The van der Waals surface area contributed by atoms with Crippen LogP contribution in [0.25, 0.3) is 21.6 Å². The Kier molecular flexibility index (Phi) is 6.76. The van der Waals surface area contributed by atoms with Crippen molar-refractivity contribution in [1.82, 2.24) is 10.3 Å². The van der Waals surface area contributed by atoms with Crippen molar-refractivity contribution in [2.75, 3.05) is 6.61 Å².